The summed E-state index contributed by atoms with van der Waals surface area (Å²) in [5, 5.41) is 8.68. The highest BCUT2D eigenvalue weighted by Crippen LogP contribution is 2.45. The van der Waals surface area contributed by atoms with Gasteiger partial charge < -0.3 is 5.32 Å². The number of rotatable bonds is 4. The van der Waals surface area contributed by atoms with Gasteiger partial charge in [0.2, 0.25) is 5.91 Å². The lowest BCUT2D eigenvalue weighted by Gasteiger charge is -2.17. The van der Waals surface area contributed by atoms with Gasteiger partial charge in [0.25, 0.3) is 0 Å². The fourth-order valence-corrected chi connectivity index (χ4v) is 5.64. The molecule has 1 N–H and O–H groups in total. The second-order valence-electron chi connectivity index (χ2n) is 7.93. The Bertz CT molecular complexity index is 1060. The van der Waals surface area contributed by atoms with Crippen molar-refractivity contribution in [3.8, 4) is 21.8 Å². The van der Waals surface area contributed by atoms with Gasteiger partial charge in [0, 0.05) is 29.9 Å². The molecule has 0 spiro atoms. The SMILES string of the molecule is CCc1ccc(-c2nn(C3CCCC3)c3c2CCc2nc(NC(C)=O)sc2-3)cn1. The van der Waals surface area contributed by atoms with Crippen molar-refractivity contribution >= 4 is 22.4 Å². The number of anilines is 1. The van der Waals surface area contributed by atoms with Gasteiger partial charge >= 0.3 is 0 Å². The van der Waals surface area contributed by atoms with Gasteiger partial charge in [0.1, 0.15) is 0 Å². The second kappa shape index (κ2) is 7.37. The molecule has 150 valence electrons. The van der Waals surface area contributed by atoms with E-state index in [1.807, 2.05) is 6.20 Å². The molecule has 3 aromatic heterocycles. The van der Waals surface area contributed by atoms with Crippen molar-refractivity contribution in [1.29, 1.82) is 0 Å². The third-order valence-electron chi connectivity index (χ3n) is 5.95. The Hall–Kier alpha value is -2.54. The fraction of sp³-hybridized carbons (Fsp3) is 0.455. The molecule has 29 heavy (non-hydrogen) atoms. The van der Waals surface area contributed by atoms with Crippen molar-refractivity contribution in [2.75, 3.05) is 5.32 Å². The van der Waals surface area contributed by atoms with Crippen molar-refractivity contribution in [3.05, 3.63) is 35.3 Å². The zero-order valence-electron chi connectivity index (χ0n) is 16.9. The molecular weight excluding hydrogens is 382 g/mol. The van der Waals surface area contributed by atoms with Crippen LogP contribution in [-0.4, -0.2) is 25.7 Å². The van der Waals surface area contributed by atoms with Crippen LogP contribution in [0, 0.1) is 0 Å². The molecule has 0 radical (unpaired) electrons. The van der Waals surface area contributed by atoms with E-state index < -0.39 is 0 Å². The minimum Gasteiger partial charge on any atom is -0.302 e. The van der Waals surface area contributed by atoms with Gasteiger partial charge in [-0.2, -0.15) is 5.10 Å². The van der Waals surface area contributed by atoms with Gasteiger partial charge in [-0.15, -0.1) is 0 Å². The molecule has 1 fully saturated rings. The smallest absolute Gasteiger partial charge is 0.223 e. The molecule has 3 heterocycles. The number of aryl methyl sites for hydroxylation is 2. The van der Waals surface area contributed by atoms with Crippen LogP contribution < -0.4 is 5.32 Å². The van der Waals surface area contributed by atoms with Crippen molar-refractivity contribution in [3.63, 3.8) is 0 Å². The molecule has 0 unspecified atom stereocenters. The number of hydrogen-bond acceptors (Lipinski definition) is 5. The molecule has 2 aliphatic carbocycles. The van der Waals surface area contributed by atoms with Gasteiger partial charge in [0.05, 0.1) is 28.0 Å². The molecule has 7 heteroatoms. The van der Waals surface area contributed by atoms with Crippen molar-refractivity contribution in [2.24, 2.45) is 0 Å². The summed E-state index contributed by atoms with van der Waals surface area (Å²) < 4.78 is 2.26. The minimum atomic E-state index is -0.0802. The number of pyridine rings is 1. The maximum absolute atomic E-state index is 11.5. The number of nitrogens with zero attached hydrogens (tertiary/aromatic N) is 4. The van der Waals surface area contributed by atoms with Crippen LogP contribution in [0.1, 0.15) is 62.5 Å². The first-order valence-electron chi connectivity index (χ1n) is 10.5. The summed E-state index contributed by atoms with van der Waals surface area (Å²) >= 11 is 1.57. The van der Waals surface area contributed by atoms with E-state index in [1.165, 1.54) is 48.7 Å². The Morgan fingerprint density at radius 1 is 1.28 bits per heavy atom. The van der Waals surface area contributed by atoms with E-state index in [4.69, 9.17) is 10.1 Å². The maximum Gasteiger partial charge on any atom is 0.223 e. The van der Waals surface area contributed by atoms with E-state index in [1.54, 1.807) is 11.3 Å². The summed E-state index contributed by atoms with van der Waals surface area (Å²) in [4.78, 5) is 22.0. The van der Waals surface area contributed by atoms with E-state index in [-0.39, 0.29) is 5.91 Å². The number of nitrogens with one attached hydrogen (secondary N) is 1. The van der Waals surface area contributed by atoms with Crippen LogP contribution in [0.3, 0.4) is 0 Å². The highest BCUT2D eigenvalue weighted by atomic mass is 32.1. The fourth-order valence-electron chi connectivity index (χ4n) is 4.52. The number of amides is 1. The van der Waals surface area contributed by atoms with Crippen LogP contribution >= 0.6 is 11.3 Å². The highest BCUT2D eigenvalue weighted by molar-refractivity contribution is 7.19. The van der Waals surface area contributed by atoms with Crippen LogP contribution in [0.5, 0.6) is 0 Å². The average Bonchev–Trinajstić information content (AvgIpc) is 3.44. The molecule has 0 bridgehead atoms. The predicted octanol–water partition coefficient (Wildman–Crippen LogP) is 4.80. The Morgan fingerprint density at radius 3 is 2.79 bits per heavy atom. The molecule has 2 aliphatic rings. The van der Waals surface area contributed by atoms with Crippen molar-refractivity contribution in [2.45, 2.75) is 64.8 Å². The first-order chi connectivity index (χ1) is 14.1. The minimum absolute atomic E-state index is 0.0802. The Labute approximate surface area is 174 Å². The number of fused-ring (bicyclic) bond motifs is 3. The highest BCUT2D eigenvalue weighted by Gasteiger charge is 2.32. The van der Waals surface area contributed by atoms with E-state index in [9.17, 15) is 4.79 Å². The first kappa shape index (κ1) is 18.5. The van der Waals surface area contributed by atoms with E-state index >= 15 is 0 Å². The standard InChI is InChI=1S/C22H25N5OS/c1-3-15-9-8-14(12-23-15)19-17-10-11-18-21(29-22(25-18)24-13(2)28)20(17)27(26-19)16-6-4-5-7-16/h8-9,12,16H,3-7,10-11H2,1-2H3,(H,24,25,28). The van der Waals surface area contributed by atoms with Gasteiger partial charge in [-0.05, 0) is 44.2 Å². The van der Waals surface area contributed by atoms with Gasteiger partial charge in [-0.1, -0.05) is 31.1 Å². The summed E-state index contributed by atoms with van der Waals surface area (Å²) in [5.41, 5.74) is 6.83. The predicted molar refractivity (Wildman–Crippen MR) is 115 cm³/mol. The zero-order chi connectivity index (χ0) is 20.0. The van der Waals surface area contributed by atoms with Crippen LogP contribution in [-0.2, 0) is 24.1 Å². The molecule has 1 saturated carbocycles. The molecule has 3 aromatic rings. The first-order valence-corrected chi connectivity index (χ1v) is 11.3. The number of carbonyl (C=O) groups excluding carboxylic acids is 1. The molecule has 5 rings (SSSR count). The molecular formula is C22H25N5OS. The van der Waals surface area contributed by atoms with Crippen molar-refractivity contribution < 1.29 is 4.79 Å². The zero-order valence-corrected chi connectivity index (χ0v) is 17.7. The van der Waals surface area contributed by atoms with Crippen LogP contribution in [0.25, 0.3) is 21.8 Å². The van der Waals surface area contributed by atoms with Crippen molar-refractivity contribution in [1.82, 2.24) is 19.7 Å². The molecule has 1 amide bonds. The Balaban J connectivity index is 1.65. The van der Waals surface area contributed by atoms with Gasteiger partial charge in [0.15, 0.2) is 5.13 Å². The normalized spacial score (nSPS) is 15.9. The van der Waals surface area contributed by atoms with E-state index in [0.29, 0.717) is 11.2 Å². The lowest BCUT2D eigenvalue weighted by atomic mass is 9.95. The van der Waals surface area contributed by atoms with Gasteiger partial charge in [-0.25, -0.2) is 4.98 Å². The number of carbonyl (C=O) groups is 1. The molecule has 0 saturated heterocycles. The maximum atomic E-state index is 11.5. The molecule has 0 atom stereocenters. The van der Waals surface area contributed by atoms with E-state index in [0.717, 1.165) is 41.9 Å². The largest absolute Gasteiger partial charge is 0.302 e. The summed E-state index contributed by atoms with van der Waals surface area (Å²) in [5.74, 6) is -0.0802. The Kier molecular flexibility index (Phi) is 4.70. The Morgan fingerprint density at radius 2 is 2.10 bits per heavy atom. The molecule has 6 nitrogen and oxygen atoms in total. The third-order valence-corrected chi connectivity index (χ3v) is 6.97. The number of aromatic nitrogens is 4. The van der Waals surface area contributed by atoms with Gasteiger partial charge in [-0.3, -0.25) is 14.5 Å². The van der Waals surface area contributed by atoms with Crippen LogP contribution in [0.4, 0.5) is 5.13 Å². The molecule has 0 aromatic carbocycles. The quantitative estimate of drug-likeness (QED) is 0.674. The summed E-state index contributed by atoms with van der Waals surface area (Å²) in [6.45, 7) is 3.65. The topological polar surface area (TPSA) is 72.7 Å². The van der Waals surface area contributed by atoms with Crippen LogP contribution in [0.2, 0.25) is 0 Å². The lowest BCUT2D eigenvalue weighted by molar-refractivity contribution is -0.114. The lowest BCUT2D eigenvalue weighted by Crippen LogP contribution is -2.11. The summed E-state index contributed by atoms with van der Waals surface area (Å²) in [6.07, 6.45) is 9.56. The summed E-state index contributed by atoms with van der Waals surface area (Å²) in [7, 11) is 0. The summed E-state index contributed by atoms with van der Waals surface area (Å²) in [6, 6.07) is 4.70. The van der Waals surface area contributed by atoms with Crippen LogP contribution in [0.15, 0.2) is 18.3 Å². The molecule has 0 aliphatic heterocycles. The third kappa shape index (κ3) is 3.27. The average molecular weight is 408 g/mol. The number of hydrogen-bond donors (Lipinski definition) is 1. The second-order valence-corrected chi connectivity index (χ2v) is 8.93. The number of thiazole rings is 1. The monoisotopic (exact) mass is 407 g/mol. The van der Waals surface area contributed by atoms with E-state index in [2.05, 4.69) is 34.0 Å².